The first-order chi connectivity index (χ1) is 12.0. The number of hydrogen-bond acceptors (Lipinski definition) is 6. The number of rotatable bonds is 4. The number of piperazine rings is 1. The average Bonchev–Trinajstić information content (AvgIpc) is 2.62. The Morgan fingerprint density at radius 2 is 1.96 bits per heavy atom. The van der Waals surface area contributed by atoms with Gasteiger partial charge in [-0.15, -0.1) is 24.8 Å². The first-order valence-corrected chi connectivity index (χ1v) is 9.22. The van der Waals surface area contributed by atoms with Crippen LogP contribution < -0.4 is 10.2 Å². The molecule has 1 aromatic heterocycles. The van der Waals surface area contributed by atoms with Gasteiger partial charge in [-0.3, -0.25) is 4.79 Å². The van der Waals surface area contributed by atoms with Crippen LogP contribution in [0, 0.1) is 6.92 Å². The van der Waals surface area contributed by atoms with Gasteiger partial charge in [-0.2, -0.15) is 0 Å². The number of aryl methyl sites for hydroxylation is 1. The fourth-order valence-electron chi connectivity index (χ4n) is 3.27. The van der Waals surface area contributed by atoms with Crippen LogP contribution in [0.3, 0.4) is 0 Å². The highest BCUT2D eigenvalue weighted by Crippen LogP contribution is 2.19. The monoisotopic (exact) mass is 419 g/mol. The molecular weight excluding hydrogens is 389 g/mol. The van der Waals surface area contributed by atoms with Gasteiger partial charge in [-0.05, 0) is 6.92 Å². The van der Waals surface area contributed by atoms with Crippen LogP contribution >= 0.6 is 24.8 Å². The van der Waals surface area contributed by atoms with Crippen molar-refractivity contribution in [1.82, 2.24) is 20.2 Å². The van der Waals surface area contributed by atoms with Crippen LogP contribution in [0.25, 0.3) is 0 Å². The predicted octanol–water partition coefficient (Wildman–Crippen LogP) is 1.78. The zero-order chi connectivity index (χ0) is 17.8. The van der Waals surface area contributed by atoms with E-state index in [2.05, 4.69) is 29.0 Å². The van der Waals surface area contributed by atoms with Gasteiger partial charge in [0.05, 0.1) is 13.2 Å². The van der Waals surface area contributed by atoms with Gasteiger partial charge in [-0.1, -0.05) is 13.8 Å². The number of carbonyl (C=O) groups excluding carboxylic acids is 1. The van der Waals surface area contributed by atoms with Gasteiger partial charge in [0, 0.05) is 62.9 Å². The SMILES string of the molecule is Cc1cc(N2CCN(C(=O)CC3COCCN3)CC2)nc(C(C)C)n1.Cl.Cl. The molecule has 0 spiro atoms. The second-order valence-corrected chi connectivity index (χ2v) is 7.18. The highest BCUT2D eigenvalue weighted by atomic mass is 35.5. The summed E-state index contributed by atoms with van der Waals surface area (Å²) < 4.78 is 5.43. The van der Waals surface area contributed by atoms with Gasteiger partial charge in [0.1, 0.15) is 11.6 Å². The molecule has 1 N–H and O–H groups in total. The van der Waals surface area contributed by atoms with Crippen LogP contribution in [-0.2, 0) is 9.53 Å². The lowest BCUT2D eigenvalue weighted by molar-refractivity contribution is -0.132. The van der Waals surface area contributed by atoms with E-state index in [0.717, 1.165) is 56.7 Å². The molecule has 1 atom stereocenters. The van der Waals surface area contributed by atoms with Gasteiger partial charge in [-0.25, -0.2) is 9.97 Å². The molecule has 154 valence electrons. The molecule has 2 aliphatic rings. The van der Waals surface area contributed by atoms with E-state index in [1.165, 1.54) is 0 Å². The quantitative estimate of drug-likeness (QED) is 0.801. The molecule has 2 saturated heterocycles. The van der Waals surface area contributed by atoms with E-state index >= 15 is 0 Å². The van der Waals surface area contributed by atoms with Crippen molar-refractivity contribution in [2.75, 3.05) is 50.8 Å². The lowest BCUT2D eigenvalue weighted by atomic mass is 10.1. The number of ether oxygens (including phenoxy) is 1. The molecule has 1 amide bonds. The lowest BCUT2D eigenvalue weighted by Crippen LogP contribution is -2.51. The Balaban J connectivity index is 0.00000182. The summed E-state index contributed by atoms with van der Waals surface area (Å²) in [7, 11) is 0. The first-order valence-electron chi connectivity index (χ1n) is 9.22. The van der Waals surface area contributed by atoms with Crippen molar-refractivity contribution in [2.45, 2.75) is 39.2 Å². The van der Waals surface area contributed by atoms with Crippen molar-refractivity contribution in [2.24, 2.45) is 0 Å². The summed E-state index contributed by atoms with van der Waals surface area (Å²) in [5.41, 5.74) is 0.996. The molecule has 1 unspecified atom stereocenters. The molecule has 3 rings (SSSR count). The fraction of sp³-hybridized carbons (Fsp3) is 0.722. The van der Waals surface area contributed by atoms with Crippen molar-refractivity contribution in [3.8, 4) is 0 Å². The highest BCUT2D eigenvalue weighted by Gasteiger charge is 2.25. The van der Waals surface area contributed by atoms with E-state index in [4.69, 9.17) is 9.72 Å². The minimum absolute atomic E-state index is 0. The maximum atomic E-state index is 12.5. The lowest BCUT2D eigenvalue weighted by Gasteiger charge is -2.36. The normalized spacial score (nSPS) is 20.1. The third kappa shape index (κ3) is 6.45. The van der Waals surface area contributed by atoms with Crippen LogP contribution in [0.5, 0.6) is 0 Å². The number of nitrogens with one attached hydrogen (secondary N) is 1. The summed E-state index contributed by atoms with van der Waals surface area (Å²) >= 11 is 0. The van der Waals surface area contributed by atoms with E-state index in [9.17, 15) is 4.79 Å². The average molecular weight is 420 g/mol. The largest absolute Gasteiger partial charge is 0.378 e. The molecule has 0 aliphatic carbocycles. The second kappa shape index (κ2) is 11.0. The Morgan fingerprint density at radius 1 is 1.26 bits per heavy atom. The number of anilines is 1. The summed E-state index contributed by atoms with van der Waals surface area (Å²) in [6, 6.07) is 2.18. The van der Waals surface area contributed by atoms with Crippen LogP contribution in [-0.4, -0.2) is 72.8 Å². The minimum Gasteiger partial charge on any atom is -0.378 e. The highest BCUT2D eigenvalue weighted by molar-refractivity contribution is 5.85. The number of nitrogens with zero attached hydrogens (tertiary/aromatic N) is 4. The number of carbonyl (C=O) groups is 1. The van der Waals surface area contributed by atoms with Crippen LogP contribution in [0.2, 0.25) is 0 Å². The Kier molecular flexibility index (Phi) is 9.73. The number of aromatic nitrogens is 2. The fourth-order valence-corrected chi connectivity index (χ4v) is 3.27. The summed E-state index contributed by atoms with van der Waals surface area (Å²) in [4.78, 5) is 25.9. The summed E-state index contributed by atoms with van der Waals surface area (Å²) in [5.74, 6) is 2.39. The third-order valence-electron chi connectivity index (χ3n) is 4.75. The van der Waals surface area contributed by atoms with Crippen molar-refractivity contribution in [3.63, 3.8) is 0 Å². The van der Waals surface area contributed by atoms with Crippen LogP contribution in [0.15, 0.2) is 6.07 Å². The first kappa shape index (κ1) is 23.9. The van der Waals surface area contributed by atoms with E-state index in [0.29, 0.717) is 18.9 Å². The van der Waals surface area contributed by atoms with Crippen molar-refractivity contribution in [1.29, 1.82) is 0 Å². The summed E-state index contributed by atoms with van der Waals surface area (Å²) in [6.45, 7) is 11.5. The van der Waals surface area contributed by atoms with Gasteiger partial charge in [0.25, 0.3) is 0 Å². The minimum atomic E-state index is 0. The van der Waals surface area contributed by atoms with E-state index < -0.39 is 0 Å². The van der Waals surface area contributed by atoms with E-state index in [1.807, 2.05) is 17.9 Å². The predicted molar refractivity (Wildman–Crippen MR) is 111 cm³/mol. The molecular formula is C18H31Cl2N5O2. The number of morpholine rings is 1. The molecule has 27 heavy (non-hydrogen) atoms. The van der Waals surface area contributed by atoms with Crippen LogP contribution in [0.4, 0.5) is 5.82 Å². The summed E-state index contributed by atoms with van der Waals surface area (Å²) in [5, 5.41) is 3.35. The van der Waals surface area contributed by atoms with Gasteiger partial charge in [0.15, 0.2) is 0 Å². The van der Waals surface area contributed by atoms with Crippen molar-refractivity contribution < 1.29 is 9.53 Å². The summed E-state index contributed by atoms with van der Waals surface area (Å²) in [6.07, 6.45) is 0.518. The topological polar surface area (TPSA) is 70.6 Å². The molecule has 1 aromatic rings. The molecule has 2 aliphatic heterocycles. The van der Waals surface area contributed by atoms with E-state index in [1.54, 1.807) is 0 Å². The van der Waals surface area contributed by atoms with Crippen molar-refractivity contribution in [3.05, 3.63) is 17.6 Å². The Hall–Kier alpha value is -1.15. The second-order valence-electron chi connectivity index (χ2n) is 7.18. The zero-order valence-electron chi connectivity index (χ0n) is 16.3. The van der Waals surface area contributed by atoms with Gasteiger partial charge < -0.3 is 19.9 Å². The van der Waals surface area contributed by atoms with Gasteiger partial charge in [0.2, 0.25) is 5.91 Å². The standard InChI is InChI=1S/C18H29N5O2.2ClH/c1-13(2)18-20-14(3)10-16(21-18)22-5-7-23(8-6-22)17(24)11-15-12-25-9-4-19-15;;/h10,13,15,19H,4-9,11-12H2,1-3H3;2*1H. The molecule has 2 fully saturated rings. The Bertz CT molecular complexity index is 603. The van der Waals surface area contributed by atoms with Gasteiger partial charge >= 0.3 is 0 Å². The molecule has 7 nitrogen and oxygen atoms in total. The molecule has 0 aromatic carbocycles. The Labute approximate surface area is 174 Å². The maximum Gasteiger partial charge on any atom is 0.224 e. The Morgan fingerprint density at radius 3 is 2.56 bits per heavy atom. The number of halogens is 2. The third-order valence-corrected chi connectivity index (χ3v) is 4.75. The molecule has 3 heterocycles. The van der Waals surface area contributed by atoms with E-state index in [-0.39, 0.29) is 36.8 Å². The maximum absolute atomic E-state index is 12.5. The zero-order valence-corrected chi connectivity index (χ0v) is 17.9. The molecule has 9 heteroatoms. The van der Waals surface area contributed by atoms with Crippen molar-refractivity contribution >= 4 is 36.5 Å². The van der Waals surface area contributed by atoms with Crippen LogP contribution in [0.1, 0.15) is 37.7 Å². The molecule has 0 saturated carbocycles. The molecule has 0 radical (unpaired) electrons. The number of amides is 1. The number of hydrogen-bond donors (Lipinski definition) is 1. The molecule has 0 bridgehead atoms. The smallest absolute Gasteiger partial charge is 0.224 e.